The van der Waals surface area contributed by atoms with E-state index in [9.17, 15) is 5.11 Å². The molecule has 2 aliphatic rings. The third kappa shape index (κ3) is 3.50. The fourth-order valence-corrected chi connectivity index (χ4v) is 3.25. The largest absolute Gasteiger partial charge is 0.393 e. The number of rotatable bonds is 4. The molecule has 0 spiro atoms. The van der Waals surface area contributed by atoms with E-state index in [-0.39, 0.29) is 6.10 Å². The zero-order chi connectivity index (χ0) is 13.2. The van der Waals surface area contributed by atoms with Gasteiger partial charge in [0.2, 0.25) is 0 Å². The van der Waals surface area contributed by atoms with E-state index < -0.39 is 0 Å². The van der Waals surface area contributed by atoms with Crippen molar-refractivity contribution in [3.05, 3.63) is 28.2 Å². The average molecular weight is 325 g/mol. The first-order chi connectivity index (χ1) is 9.22. The Kier molecular flexibility index (Phi) is 4.10. The minimum Gasteiger partial charge on any atom is -0.393 e. The second-order valence-electron chi connectivity index (χ2n) is 5.66. The van der Waals surface area contributed by atoms with Crippen LogP contribution in [0.5, 0.6) is 0 Å². The molecule has 2 N–H and O–H groups in total. The van der Waals surface area contributed by atoms with Crippen molar-refractivity contribution in [3.63, 3.8) is 0 Å². The first-order valence-electron chi connectivity index (χ1n) is 7.17. The van der Waals surface area contributed by atoms with Gasteiger partial charge in [-0.05, 0) is 59.3 Å². The van der Waals surface area contributed by atoms with Crippen molar-refractivity contribution in [2.75, 3.05) is 18.0 Å². The van der Waals surface area contributed by atoms with Crippen LogP contribution in [0.3, 0.4) is 0 Å². The van der Waals surface area contributed by atoms with Crippen molar-refractivity contribution in [3.8, 4) is 0 Å². The van der Waals surface area contributed by atoms with E-state index >= 15 is 0 Å². The van der Waals surface area contributed by atoms with Gasteiger partial charge in [-0.3, -0.25) is 0 Å². The standard InChI is InChI=1S/C15H21BrN2O/c16-14-9-11(10-17-12-2-3-12)1-4-15(14)18-7-5-13(19)6-8-18/h1,4,9,12-13,17,19H,2-3,5-8,10H2. The molecule has 1 aromatic rings. The van der Waals surface area contributed by atoms with Crippen molar-refractivity contribution < 1.29 is 5.11 Å². The summed E-state index contributed by atoms with van der Waals surface area (Å²) in [6, 6.07) is 7.38. The summed E-state index contributed by atoms with van der Waals surface area (Å²) < 4.78 is 1.17. The van der Waals surface area contributed by atoms with Crippen molar-refractivity contribution in [1.29, 1.82) is 0 Å². The fourth-order valence-electron chi connectivity index (χ4n) is 2.57. The van der Waals surface area contributed by atoms with E-state index in [1.165, 1.54) is 28.6 Å². The third-order valence-electron chi connectivity index (χ3n) is 3.99. The second kappa shape index (κ2) is 5.81. The van der Waals surface area contributed by atoms with Gasteiger partial charge < -0.3 is 15.3 Å². The summed E-state index contributed by atoms with van der Waals surface area (Å²) in [5.74, 6) is 0. The Hall–Kier alpha value is -0.580. The molecule has 2 fully saturated rings. The number of halogens is 1. The highest BCUT2D eigenvalue weighted by molar-refractivity contribution is 9.10. The Morgan fingerprint density at radius 3 is 2.58 bits per heavy atom. The fraction of sp³-hybridized carbons (Fsp3) is 0.600. The van der Waals surface area contributed by atoms with Crippen molar-refractivity contribution in [2.24, 2.45) is 0 Å². The molecular formula is C15H21BrN2O. The lowest BCUT2D eigenvalue weighted by molar-refractivity contribution is 0.145. The van der Waals surface area contributed by atoms with Gasteiger partial charge in [0, 0.05) is 30.1 Å². The summed E-state index contributed by atoms with van der Waals surface area (Å²) in [5.41, 5.74) is 2.58. The molecule has 0 amide bonds. The number of nitrogens with one attached hydrogen (secondary N) is 1. The second-order valence-corrected chi connectivity index (χ2v) is 6.51. The summed E-state index contributed by atoms with van der Waals surface area (Å²) in [6.07, 6.45) is 4.29. The van der Waals surface area contributed by atoms with Crippen LogP contribution in [0, 0.1) is 0 Å². The predicted octanol–water partition coefficient (Wildman–Crippen LogP) is 2.66. The van der Waals surface area contributed by atoms with E-state index in [1.54, 1.807) is 0 Å². The lowest BCUT2D eigenvalue weighted by Crippen LogP contribution is -2.36. The predicted molar refractivity (Wildman–Crippen MR) is 81.5 cm³/mol. The van der Waals surface area contributed by atoms with Gasteiger partial charge in [0.15, 0.2) is 0 Å². The maximum Gasteiger partial charge on any atom is 0.0574 e. The monoisotopic (exact) mass is 324 g/mol. The Morgan fingerprint density at radius 1 is 1.21 bits per heavy atom. The van der Waals surface area contributed by atoms with E-state index in [1.807, 2.05) is 0 Å². The van der Waals surface area contributed by atoms with Crippen LogP contribution in [0.15, 0.2) is 22.7 Å². The smallest absolute Gasteiger partial charge is 0.0574 e. The van der Waals surface area contributed by atoms with Crippen LogP contribution in [0.1, 0.15) is 31.2 Å². The van der Waals surface area contributed by atoms with Gasteiger partial charge >= 0.3 is 0 Å². The lowest BCUT2D eigenvalue weighted by Gasteiger charge is -2.32. The third-order valence-corrected chi connectivity index (χ3v) is 4.62. The molecule has 3 rings (SSSR count). The van der Waals surface area contributed by atoms with Crippen molar-refractivity contribution in [2.45, 2.75) is 44.4 Å². The molecule has 1 aliphatic carbocycles. The molecule has 19 heavy (non-hydrogen) atoms. The maximum atomic E-state index is 9.57. The Morgan fingerprint density at radius 2 is 1.95 bits per heavy atom. The van der Waals surface area contributed by atoms with Gasteiger partial charge in [-0.15, -0.1) is 0 Å². The highest BCUT2D eigenvalue weighted by Gasteiger charge is 2.21. The van der Waals surface area contributed by atoms with Crippen LogP contribution in [-0.4, -0.2) is 30.3 Å². The Bertz CT molecular complexity index is 440. The van der Waals surface area contributed by atoms with Gasteiger partial charge in [0.05, 0.1) is 11.8 Å². The molecular weight excluding hydrogens is 304 g/mol. The average Bonchev–Trinajstić information content (AvgIpc) is 3.22. The number of hydrogen-bond donors (Lipinski definition) is 2. The molecule has 1 heterocycles. The quantitative estimate of drug-likeness (QED) is 0.893. The molecule has 0 atom stereocenters. The molecule has 0 radical (unpaired) electrons. The van der Waals surface area contributed by atoms with E-state index in [0.29, 0.717) is 0 Å². The van der Waals surface area contributed by atoms with Crippen LogP contribution in [0.4, 0.5) is 5.69 Å². The summed E-state index contributed by atoms with van der Waals surface area (Å²) in [5, 5.41) is 13.1. The van der Waals surface area contributed by atoms with Crippen molar-refractivity contribution >= 4 is 21.6 Å². The van der Waals surface area contributed by atoms with Gasteiger partial charge in [0.1, 0.15) is 0 Å². The number of benzene rings is 1. The molecule has 104 valence electrons. The summed E-state index contributed by atoms with van der Waals surface area (Å²) >= 11 is 3.69. The highest BCUT2D eigenvalue weighted by Crippen LogP contribution is 2.30. The zero-order valence-electron chi connectivity index (χ0n) is 11.1. The van der Waals surface area contributed by atoms with Gasteiger partial charge in [-0.2, -0.15) is 0 Å². The van der Waals surface area contributed by atoms with Crippen LogP contribution in [0.25, 0.3) is 0 Å². The first-order valence-corrected chi connectivity index (χ1v) is 7.96. The van der Waals surface area contributed by atoms with Crippen LogP contribution >= 0.6 is 15.9 Å². The van der Waals surface area contributed by atoms with Gasteiger partial charge in [0.25, 0.3) is 0 Å². The molecule has 1 aromatic carbocycles. The van der Waals surface area contributed by atoms with Gasteiger partial charge in [-0.1, -0.05) is 6.07 Å². The molecule has 0 aromatic heterocycles. The summed E-state index contributed by atoms with van der Waals surface area (Å²) in [7, 11) is 0. The highest BCUT2D eigenvalue weighted by atomic mass is 79.9. The Balaban J connectivity index is 1.64. The normalized spacial score (nSPS) is 20.8. The molecule has 0 bridgehead atoms. The van der Waals surface area contributed by atoms with Crippen LogP contribution in [0.2, 0.25) is 0 Å². The Labute approximate surface area is 123 Å². The topological polar surface area (TPSA) is 35.5 Å². The van der Waals surface area contributed by atoms with Gasteiger partial charge in [-0.25, -0.2) is 0 Å². The SMILES string of the molecule is OC1CCN(c2ccc(CNC3CC3)cc2Br)CC1. The van der Waals surface area contributed by atoms with E-state index in [4.69, 9.17) is 0 Å². The number of piperidine rings is 1. The minimum absolute atomic E-state index is 0.114. The molecule has 1 aliphatic heterocycles. The number of anilines is 1. The van der Waals surface area contributed by atoms with Crippen LogP contribution in [-0.2, 0) is 6.54 Å². The molecule has 4 heteroatoms. The molecule has 1 saturated heterocycles. The maximum absolute atomic E-state index is 9.57. The zero-order valence-corrected chi connectivity index (χ0v) is 12.7. The first kappa shape index (κ1) is 13.4. The van der Waals surface area contributed by atoms with Crippen molar-refractivity contribution in [1.82, 2.24) is 5.32 Å². The number of aliphatic hydroxyl groups is 1. The number of aliphatic hydroxyl groups excluding tert-OH is 1. The summed E-state index contributed by atoms with van der Waals surface area (Å²) in [6.45, 7) is 2.85. The minimum atomic E-state index is -0.114. The summed E-state index contributed by atoms with van der Waals surface area (Å²) in [4.78, 5) is 2.36. The molecule has 1 saturated carbocycles. The molecule has 0 unspecified atom stereocenters. The number of hydrogen-bond acceptors (Lipinski definition) is 3. The van der Waals surface area contributed by atoms with E-state index in [0.717, 1.165) is 38.5 Å². The van der Waals surface area contributed by atoms with E-state index in [2.05, 4.69) is 44.3 Å². The number of nitrogens with zero attached hydrogens (tertiary/aromatic N) is 1. The lowest BCUT2D eigenvalue weighted by atomic mass is 10.1. The van der Waals surface area contributed by atoms with Crippen LogP contribution < -0.4 is 10.2 Å². The molecule has 3 nitrogen and oxygen atoms in total.